The molecule has 0 aliphatic rings. The van der Waals surface area contributed by atoms with Crippen molar-refractivity contribution in [2.75, 3.05) is 0 Å². The molecule has 0 aliphatic carbocycles. The fourth-order valence-electron chi connectivity index (χ4n) is 2.55. The first-order chi connectivity index (χ1) is 8.65. The predicted molar refractivity (Wildman–Crippen MR) is 81.9 cm³/mol. The predicted octanol–water partition coefficient (Wildman–Crippen LogP) is 5.56. The first-order valence-electron chi connectivity index (χ1n) is 7.32. The van der Waals surface area contributed by atoms with Crippen LogP contribution >= 0.6 is 0 Å². The molecule has 100 valence electrons. The maximum Gasteiger partial charge on any atom is -0.0250 e. The van der Waals surface area contributed by atoms with Crippen molar-refractivity contribution in [3.8, 4) is 0 Å². The molecule has 2 unspecified atom stereocenters. The summed E-state index contributed by atoms with van der Waals surface area (Å²) in [6, 6.07) is 8.95. The highest BCUT2D eigenvalue weighted by atomic mass is 14.1. The molecule has 0 aliphatic heterocycles. The second-order valence-electron chi connectivity index (χ2n) is 5.67. The minimum atomic E-state index is 0.786. The fraction of sp³-hybridized carbons (Fsp3) is 0.556. The van der Waals surface area contributed by atoms with Crippen molar-refractivity contribution in [2.45, 2.75) is 52.9 Å². The van der Waals surface area contributed by atoms with Gasteiger partial charge in [0.25, 0.3) is 0 Å². The maximum absolute atomic E-state index is 3.83. The molecule has 0 spiro atoms. The molecule has 0 aromatic heterocycles. The molecular formula is C18H28. The number of hydrogen-bond donors (Lipinski definition) is 0. The largest absolute Gasteiger partial charge is 0.103 e. The van der Waals surface area contributed by atoms with Crippen LogP contribution in [0.3, 0.4) is 0 Å². The van der Waals surface area contributed by atoms with E-state index in [2.05, 4.69) is 51.6 Å². The highest BCUT2D eigenvalue weighted by Gasteiger charge is 2.09. The molecule has 0 radical (unpaired) electrons. The van der Waals surface area contributed by atoms with E-state index >= 15 is 0 Å². The van der Waals surface area contributed by atoms with Crippen LogP contribution in [0, 0.1) is 18.8 Å². The van der Waals surface area contributed by atoms with Gasteiger partial charge in [0.15, 0.2) is 0 Å². The molecule has 0 bridgehead atoms. The molecule has 1 rings (SSSR count). The summed E-state index contributed by atoms with van der Waals surface area (Å²) >= 11 is 0. The van der Waals surface area contributed by atoms with Crippen molar-refractivity contribution < 1.29 is 0 Å². The summed E-state index contributed by atoms with van der Waals surface area (Å²) in [4.78, 5) is 0. The average Bonchev–Trinajstić information content (AvgIpc) is 2.35. The van der Waals surface area contributed by atoms with Crippen LogP contribution in [0.15, 0.2) is 36.9 Å². The van der Waals surface area contributed by atoms with Gasteiger partial charge in [-0.25, -0.2) is 0 Å². The van der Waals surface area contributed by atoms with Crippen molar-refractivity contribution in [1.82, 2.24) is 0 Å². The first-order valence-corrected chi connectivity index (χ1v) is 7.32. The van der Waals surface area contributed by atoms with Crippen molar-refractivity contribution in [1.29, 1.82) is 0 Å². The molecule has 18 heavy (non-hydrogen) atoms. The van der Waals surface area contributed by atoms with Crippen molar-refractivity contribution in [3.63, 3.8) is 0 Å². The molecule has 0 heterocycles. The molecule has 0 N–H and O–H groups in total. The second kappa shape index (κ2) is 8.13. The molecule has 2 atom stereocenters. The molecular weight excluding hydrogens is 216 g/mol. The van der Waals surface area contributed by atoms with E-state index in [4.69, 9.17) is 0 Å². The van der Waals surface area contributed by atoms with Crippen molar-refractivity contribution >= 4 is 0 Å². The van der Waals surface area contributed by atoms with Gasteiger partial charge in [-0.1, -0.05) is 62.6 Å². The van der Waals surface area contributed by atoms with Crippen LogP contribution in [-0.2, 0) is 6.42 Å². The lowest BCUT2D eigenvalue weighted by molar-refractivity contribution is 0.399. The van der Waals surface area contributed by atoms with Crippen LogP contribution in [0.5, 0.6) is 0 Å². The minimum absolute atomic E-state index is 0.786. The van der Waals surface area contributed by atoms with Gasteiger partial charge >= 0.3 is 0 Å². The number of hydrogen-bond acceptors (Lipinski definition) is 0. The van der Waals surface area contributed by atoms with Gasteiger partial charge in [0.1, 0.15) is 0 Å². The third kappa shape index (κ3) is 5.53. The summed E-state index contributed by atoms with van der Waals surface area (Å²) in [5, 5.41) is 0. The Labute approximate surface area is 113 Å². The molecule has 0 nitrogen and oxygen atoms in total. The number of allylic oxidation sites excluding steroid dienone is 1. The molecule has 0 amide bonds. The van der Waals surface area contributed by atoms with Crippen LogP contribution in [0.1, 0.15) is 50.7 Å². The minimum Gasteiger partial charge on any atom is -0.103 e. The van der Waals surface area contributed by atoms with E-state index in [1.54, 1.807) is 0 Å². The normalized spacial score (nSPS) is 14.2. The lowest BCUT2D eigenvalue weighted by Gasteiger charge is -2.17. The van der Waals surface area contributed by atoms with E-state index in [1.165, 1.54) is 36.8 Å². The Bertz CT molecular complexity index is 351. The topological polar surface area (TPSA) is 0 Å². The van der Waals surface area contributed by atoms with Gasteiger partial charge in [0, 0.05) is 0 Å². The van der Waals surface area contributed by atoms with E-state index in [0.717, 1.165) is 18.3 Å². The van der Waals surface area contributed by atoms with Crippen molar-refractivity contribution in [2.24, 2.45) is 11.8 Å². The molecule has 1 aromatic rings. The highest BCUT2D eigenvalue weighted by molar-refractivity contribution is 5.22. The summed E-state index contributed by atoms with van der Waals surface area (Å²) in [5.74, 6) is 1.62. The SMILES string of the molecule is C=CCC(C)CCC(CC)Cc1cccc(C)c1. The van der Waals surface area contributed by atoms with E-state index in [1.807, 2.05) is 6.08 Å². The average molecular weight is 244 g/mol. The van der Waals surface area contributed by atoms with E-state index in [9.17, 15) is 0 Å². The molecule has 0 saturated carbocycles. The second-order valence-corrected chi connectivity index (χ2v) is 5.67. The Morgan fingerprint density at radius 2 is 2.06 bits per heavy atom. The number of aryl methyl sites for hydroxylation is 1. The lowest BCUT2D eigenvalue weighted by atomic mass is 9.88. The van der Waals surface area contributed by atoms with E-state index < -0.39 is 0 Å². The van der Waals surface area contributed by atoms with Crippen LogP contribution in [-0.4, -0.2) is 0 Å². The van der Waals surface area contributed by atoms with Gasteiger partial charge < -0.3 is 0 Å². The molecule has 0 saturated heterocycles. The Kier molecular flexibility index (Phi) is 6.78. The summed E-state index contributed by atoms with van der Waals surface area (Å²) in [5.41, 5.74) is 2.88. The van der Waals surface area contributed by atoms with Gasteiger partial charge in [0.05, 0.1) is 0 Å². The monoisotopic (exact) mass is 244 g/mol. The van der Waals surface area contributed by atoms with Gasteiger partial charge in [-0.3, -0.25) is 0 Å². The Morgan fingerprint density at radius 1 is 1.28 bits per heavy atom. The van der Waals surface area contributed by atoms with E-state index in [0.29, 0.717) is 0 Å². The summed E-state index contributed by atoms with van der Waals surface area (Å²) in [6.07, 6.45) is 8.40. The summed E-state index contributed by atoms with van der Waals surface area (Å²) in [6.45, 7) is 10.7. The lowest BCUT2D eigenvalue weighted by Crippen LogP contribution is -2.06. The molecule has 0 fully saturated rings. The van der Waals surface area contributed by atoms with Gasteiger partial charge in [-0.2, -0.15) is 0 Å². The fourth-order valence-corrected chi connectivity index (χ4v) is 2.55. The van der Waals surface area contributed by atoms with Crippen LogP contribution in [0.25, 0.3) is 0 Å². The zero-order chi connectivity index (χ0) is 13.4. The zero-order valence-electron chi connectivity index (χ0n) is 12.3. The Morgan fingerprint density at radius 3 is 2.67 bits per heavy atom. The highest BCUT2D eigenvalue weighted by Crippen LogP contribution is 2.22. The van der Waals surface area contributed by atoms with Gasteiger partial charge in [0.2, 0.25) is 0 Å². The third-order valence-corrected chi connectivity index (χ3v) is 3.82. The quantitative estimate of drug-likeness (QED) is 0.525. The van der Waals surface area contributed by atoms with Crippen LogP contribution in [0.4, 0.5) is 0 Å². The summed E-state index contributed by atoms with van der Waals surface area (Å²) in [7, 11) is 0. The molecule has 0 heteroatoms. The zero-order valence-corrected chi connectivity index (χ0v) is 12.3. The maximum atomic E-state index is 3.83. The first kappa shape index (κ1) is 15.0. The Balaban J connectivity index is 2.44. The standard InChI is InChI=1S/C18H28/c1-5-8-15(3)11-12-17(6-2)14-18-10-7-9-16(4)13-18/h5,7,9-10,13,15,17H,1,6,8,11-12,14H2,2-4H3. The smallest absolute Gasteiger partial charge is 0.0250 e. The Hall–Kier alpha value is -1.04. The number of rotatable bonds is 8. The van der Waals surface area contributed by atoms with Gasteiger partial charge in [-0.15, -0.1) is 6.58 Å². The number of benzene rings is 1. The van der Waals surface area contributed by atoms with Crippen molar-refractivity contribution in [3.05, 3.63) is 48.0 Å². The van der Waals surface area contributed by atoms with E-state index in [-0.39, 0.29) is 0 Å². The van der Waals surface area contributed by atoms with Crippen LogP contribution in [0.2, 0.25) is 0 Å². The van der Waals surface area contributed by atoms with Gasteiger partial charge in [-0.05, 0) is 43.6 Å². The third-order valence-electron chi connectivity index (χ3n) is 3.82. The molecule has 1 aromatic carbocycles. The van der Waals surface area contributed by atoms with Crippen LogP contribution < -0.4 is 0 Å². The summed E-state index contributed by atoms with van der Waals surface area (Å²) < 4.78 is 0.